The number of nitrogens with one attached hydrogen (secondary N) is 1. The molecule has 0 fully saturated rings. The van der Waals surface area contributed by atoms with E-state index in [4.69, 9.17) is 0 Å². The zero-order chi connectivity index (χ0) is 12.9. The summed E-state index contributed by atoms with van der Waals surface area (Å²) >= 11 is 1.61. The van der Waals surface area contributed by atoms with E-state index in [0.717, 1.165) is 22.6 Å². The van der Waals surface area contributed by atoms with Crippen LogP contribution in [0, 0.1) is 5.82 Å². The lowest BCUT2D eigenvalue weighted by Gasteiger charge is -2.21. The van der Waals surface area contributed by atoms with Gasteiger partial charge in [-0.15, -0.1) is 11.8 Å². The van der Waals surface area contributed by atoms with E-state index in [-0.39, 0.29) is 11.4 Å². The smallest absolute Gasteiger partial charge is 0.137 e. The first-order valence-corrected chi connectivity index (χ1v) is 7.08. The zero-order valence-corrected chi connectivity index (χ0v) is 12.0. The molecule has 1 aromatic carbocycles. The first-order valence-electron chi connectivity index (χ1n) is 6.09. The molecule has 0 heterocycles. The fraction of sp³-hybridized carbons (Fsp3) is 0.571. The molecule has 0 atom stereocenters. The molecule has 0 aromatic heterocycles. The van der Waals surface area contributed by atoms with Crippen molar-refractivity contribution in [3.05, 3.63) is 29.6 Å². The summed E-state index contributed by atoms with van der Waals surface area (Å²) < 4.78 is 13.7. The molecule has 0 amide bonds. The van der Waals surface area contributed by atoms with Crippen LogP contribution < -0.4 is 5.32 Å². The molecule has 0 aliphatic rings. The number of hydrogen-bond acceptors (Lipinski definition) is 2. The van der Waals surface area contributed by atoms with Gasteiger partial charge in [-0.25, -0.2) is 4.39 Å². The summed E-state index contributed by atoms with van der Waals surface area (Å²) in [6, 6.07) is 5.32. The Morgan fingerprint density at radius 3 is 2.59 bits per heavy atom. The Labute approximate surface area is 108 Å². The first-order chi connectivity index (χ1) is 7.94. The van der Waals surface area contributed by atoms with E-state index in [1.54, 1.807) is 23.9 Å². The molecule has 0 aliphatic carbocycles. The predicted molar refractivity (Wildman–Crippen MR) is 74.0 cm³/mol. The Bertz CT molecular complexity index is 358. The molecule has 0 radical (unpaired) electrons. The van der Waals surface area contributed by atoms with Crippen molar-refractivity contribution in [2.45, 2.75) is 51.1 Å². The van der Waals surface area contributed by atoms with E-state index in [1.165, 1.54) is 0 Å². The molecular weight excluding hydrogens is 233 g/mol. The van der Waals surface area contributed by atoms with Gasteiger partial charge in [0.15, 0.2) is 0 Å². The van der Waals surface area contributed by atoms with Gasteiger partial charge in [-0.2, -0.15) is 0 Å². The molecule has 1 nitrogen and oxygen atoms in total. The van der Waals surface area contributed by atoms with Crippen molar-refractivity contribution in [1.82, 2.24) is 5.32 Å². The number of benzene rings is 1. The fourth-order valence-electron chi connectivity index (χ4n) is 1.42. The van der Waals surface area contributed by atoms with E-state index in [2.05, 4.69) is 33.0 Å². The Morgan fingerprint density at radius 1 is 1.29 bits per heavy atom. The van der Waals surface area contributed by atoms with Gasteiger partial charge in [-0.3, -0.25) is 0 Å². The molecule has 1 rings (SSSR count). The maximum absolute atomic E-state index is 13.7. The Kier molecular flexibility index (Phi) is 5.47. The van der Waals surface area contributed by atoms with Gasteiger partial charge in [0.25, 0.3) is 0 Å². The number of hydrogen-bond donors (Lipinski definition) is 1. The zero-order valence-electron chi connectivity index (χ0n) is 11.1. The van der Waals surface area contributed by atoms with Crippen molar-refractivity contribution in [2.24, 2.45) is 0 Å². The minimum atomic E-state index is -0.100. The molecule has 0 saturated carbocycles. The quantitative estimate of drug-likeness (QED) is 0.791. The molecule has 0 aliphatic heterocycles. The minimum absolute atomic E-state index is 0.0546. The van der Waals surface area contributed by atoms with Crippen LogP contribution in [0.1, 0.15) is 39.7 Å². The summed E-state index contributed by atoms with van der Waals surface area (Å²) in [5.41, 5.74) is 1.11. The minimum Gasteiger partial charge on any atom is -0.308 e. The van der Waals surface area contributed by atoms with Gasteiger partial charge in [0.1, 0.15) is 5.82 Å². The van der Waals surface area contributed by atoms with Crippen molar-refractivity contribution >= 4 is 11.8 Å². The molecule has 1 aromatic rings. The molecule has 0 bridgehead atoms. The second-order valence-corrected chi connectivity index (χ2v) is 6.29. The highest BCUT2D eigenvalue weighted by atomic mass is 32.2. The van der Waals surface area contributed by atoms with Crippen molar-refractivity contribution in [2.75, 3.05) is 5.75 Å². The largest absolute Gasteiger partial charge is 0.308 e. The summed E-state index contributed by atoms with van der Waals surface area (Å²) in [6.07, 6.45) is 1.06. The Hall–Kier alpha value is -0.540. The van der Waals surface area contributed by atoms with Gasteiger partial charge in [0, 0.05) is 17.0 Å². The lowest BCUT2D eigenvalue weighted by molar-refractivity contribution is 0.421. The molecule has 1 N–H and O–H groups in total. The highest BCUT2D eigenvalue weighted by molar-refractivity contribution is 7.99. The van der Waals surface area contributed by atoms with Crippen LogP contribution in [0.3, 0.4) is 0 Å². The Morgan fingerprint density at radius 2 is 2.00 bits per heavy atom. The average molecular weight is 255 g/mol. The van der Waals surface area contributed by atoms with Crippen molar-refractivity contribution in [3.63, 3.8) is 0 Å². The molecule has 17 heavy (non-hydrogen) atoms. The van der Waals surface area contributed by atoms with Gasteiger partial charge in [0.05, 0.1) is 0 Å². The van der Waals surface area contributed by atoms with Crippen molar-refractivity contribution in [1.29, 1.82) is 0 Å². The van der Waals surface area contributed by atoms with Crippen LogP contribution in [0.2, 0.25) is 0 Å². The van der Waals surface area contributed by atoms with Gasteiger partial charge >= 0.3 is 0 Å². The van der Waals surface area contributed by atoms with Crippen LogP contribution in [-0.2, 0) is 6.54 Å². The van der Waals surface area contributed by atoms with Crippen LogP contribution in [0.25, 0.3) is 0 Å². The van der Waals surface area contributed by atoms with Crippen LogP contribution in [0.4, 0.5) is 4.39 Å². The number of halogens is 1. The van der Waals surface area contributed by atoms with E-state index in [0.29, 0.717) is 6.54 Å². The van der Waals surface area contributed by atoms with Crippen LogP contribution in [0.15, 0.2) is 23.1 Å². The normalized spacial score (nSPS) is 11.8. The maximum Gasteiger partial charge on any atom is 0.137 e. The molecule has 96 valence electrons. The van der Waals surface area contributed by atoms with E-state index in [1.807, 2.05) is 6.07 Å². The predicted octanol–water partition coefficient (Wildman–Crippen LogP) is 4.22. The standard InChI is InChI=1S/C14H22FNS/c1-5-9-17-13-11(7-6-8-12(13)15)10-16-14(2,3)4/h6-8,16H,5,9-10H2,1-4H3. The third-order valence-corrected chi connectivity index (χ3v) is 3.67. The van der Waals surface area contributed by atoms with Crippen LogP contribution >= 0.6 is 11.8 Å². The number of rotatable bonds is 5. The summed E-state index contributed by atoms with van der Waals surface area (Å²) in [5.74, 6) is 0.861. The molecule has 0 unspecified atom stereocenters. The molecule has 0 saturated heterocycles. The maximum atomic E-state index is 13.7. The van der Waals surface area contributed by atoms with Gasteiger partial charge < -0.3 is 5.32 Å². The summed E-state index contributed by atoms with van der Waals surface area (Å²) in [4.78, 5) is 0.797. The second-order valence-electron chi connectivity index (χ2n) is 5.18. The van der Waals surface area contributed by atoms with Crippen LogP contribution in [0.5, 0.6) is 0 Å². The summed E-state index contributed by atoms with van der Waals surface area (Å²) in [5, 5.41) is 3.40. The topological polar surface area (TPSA) is 12.0 Å². The molecule has 3 heteroatoms. The highest BCUT2D eigenvalue weighted by Crippen LogP contribution is 2.26. The third-order valence-electron chi connectivity index (χ3n) is 2.31. The molecule has 0 spiro atoms. The lowest BCUT2D eigenvalue weighted by atomic mass is 10.1. The Balaban J connectivity index is 2.79. The van der Waals surface area contributed by atoms with Crippen molar-refractivity contribution < 1.29 is 4.39 Å². The third kappa shape index (κ3) is 5.09. The fourth-order valence-corrected chi connectivity index (χ4v) is 2.36. The van der Waals surface area contributed by atoms with E-state index in [9.17, 15) is 4.39 Å². The highest BCUT2D eigenvalue weighted by Gasteiger charge is 2.12. The van der Waals surface area contributed by atoms with E-state index < -0.39 is 0 Å². The second kappa shape index (κ2) is 6.41. The first kappa shape index (κ1) is 14.5. The number of thioether (sulfide) groups is 1. The van der Waals surface area contributed by atoms with Gasteiger partial charge in [-0.1, -0.05) is 19.1 Å². The van der Waals surface area contributed by atoms with Gasteiger partial charge in [-0.05, 0) is 44.6 Å². The van der Waals surface area contributed by atoms with Crippen LogP contribution in [-0.4, -0.2) is 11.3 Å². The SMILES string of the molecule is CCCSc1c(F)cccc1CNC(C)(C)C. The summed E-state index contributed by atoms with van der Waals surface area (Å²) in [7, 11) is 0. The van der Waals surface area contributed by atoms with Crippen molar-refractivity contribution in [3.8, 4) is 0 Å². The summed E-state index contributed by atoms with van der Waals surface area (Å²) in [6.45, 7) is 9.18. The lowest BCUT2D eigenvalue weighted by Crippen LogP contribution is -2.35. The average Bonchev–Trinajstić information content (AvgIpc) is 2.24. The molecular formula is C14H22FNS. The van der Waals surface area contributed by atoms with E-state index >= 15 is 0 Å². The monoisotopic (exact) mass is 255 g/mol. The van der Waals surface area contributed by atoms with Gasteiger partial charge in [0.2, 0.25) is 0 Å².